The van der Waals surface area contributed by atoms with E-state index in [4.69, 9.17) is 5.73 Å². The number of hydrogen-bond acceptors (Lipinski definition) is 2. The second-order valence-electron chi connectivity index (χ2n) is 2.37. The lowest BCUT2D eigenvalue weighted by molar-refractivity contribution is 0.1000. The summed E-state index contributed by atoms with van der Waals surface area (Å²) in [5, 5.41) is 1.91. The van der Waals surface area contributed by atoms with Crippen LogP contribution in [-0.2, 0) is 6.42 Å². The zero-order valence-electron chi connectivity index (χ0n) is 6.46. The normalized spacial score (nSPS) is 9.91. The average Bonchev–Trinajstić information content (AvgIpc) is 2.36. The van der Waals surface area contributed by atoms with E-state index in [0.29, 0.717) is 5.56 Å². The van der Waals surface area contributed by atoms with Crippen molar-refractivity contribution in [1.82, 2.24) is 0 Å². The molecule has 0 saturated carbocycles. The molecule has 1 aromatic rings. The van der Waals surface area contributed by atoms with Crippen LogP contribution in [0, 0.1) is 0 Å². The molecule has 0 atom stereocenters. The lowest BCUT2D eigenvalue weighted by Gasteiger charge is -1.95. The van der Waals surface area contributed by atoms with E-state index < -0.39 is 0 Å². The van der Waals surface area contributed by atoms with Crippen LogP contribution in [0.25, 0.3) is 0 Å². The Morgan fingerprint density at radius 1 is 1.73 bits per heavy atom. The van der Waals surface area contributed by atoms with E-state index in [1.54, 1.807) is 17.4 Å². The topological polar surface area (TPSA) is 43.1 Å². The first-order chi connectivity index (χ1) is 5.25. The number of hydrogen-bond donors (Lipinski definition) is 1. The summed E-state index contributed by atoms with van der Waals surface area (Å²) in [6.07, 6.45) is 2.01. The monoisotopic (exact) mass is 169 g/mol. The molecule has 1 aromatic heterocycles. The number of primary amides is 1. The number of thiophene rings is 1. The van der Waals surface area contributed by atoms with Gasteiger partial charge >= 0.3 is 0 Å². The van der Waals surface area contributed by atoms with Gasteiger partial charge in [-0.1, -0.05) is 13.3 Å². The van der Waals surface area contributed by atoms with E-state index >= 15 is 0 Å². The Bertz CT molecular complexity index is 254. The Kier molecular flexibility index (Phi) is 2.65. The van der Waals surface area contributed by atoms with Gasteiger partial charge in [0.2, 0.25) is 5.91 Å². The summed E-state index contributed by atoms with van der Waals surface area (Å²) < 4.78 is 0. The van der Waals surface area contributed by atoms with Crippen molar-refractivity contribution in [3.05, 3.63) is 21.9 Å². The molecule has 0 aromatic carbocycles. The van der Waals surface area contributed by atoms with Gasteiger partial charge in [0, 0.05) is 4.88 Å². The second kappa shape index (κ2) is 3.53. The summed E-state index contributed by atoms with van der Waals surface area (Å²) in [6, 6.07) is 1.79. The number of nitrogens with two attached hydrogens (primary N) is 1. The highest BCUT2D eigenvalue weighted by Gasteiger charge is 2.07. The standard InChI is InChI=1S/C8H11NOS/c1-2-3-7-6(8(9)10)4-5-11-7/h4-5H,2-3H2,1H3,(H2,9,10). The van der Waals surface area contributed by atoms with Crippen LogP contribution in [-0.4, -0.2) is 5.91 Å². The molecule has 2 nitrogen and oxygen atoms in total. The van der Waals surface area contributed by atoms with Crippen molar-refractivity contribution in [2.75, 3.05) is 0 Å². The van der Waals surface area contributed by atoms with Crippen LogP contribution in [0.1, 0.15) is 28.6 Å². The third kappa shape index (κ3) is 1.80. The minimum Gasteiger partial charge on any atom is -0.366 e. The van der Waals surface area contributed by atoms with Gasteiger partial charge in [0.1, 0.15) is 0 Å². The first-order valence-electron chi connectivity index (χ1n) is 3.62. The van der Waals surface area contributed by atoms with Crippen LogP contribution in [0.5, 0.6) is 0 Å². The fourth-order valence-electron chi connectivity index (χ4n) is 0.981. The summed E-state index contributed by atoms with van der Waals surface area (Å²) >= 11 is 1.60. The Labute approximate surface area is 70.0 Å². The molecule has 0 saturated heterocycles. The summed E-state index contributed by atoms with van der Waals surface area (Å²) in [6.45, 7) is 2.09. The van der Waals surface area contributed by atoms with Crippen LogP contribution < -0.4 is 5.73 Å². The van der Waals surface area contributed by atoms with Gasteiger partial charge in [-0.2, -0.15) is 0 Å². The van der Waals surface area contributed by atoms with E-state index in [1.165, 1.54) is 0 Å². The molecule has 1 heterocycles. The van der Waals surface area contributed by atoms with E-state index in [1.807, 2.05) is 5.38 Å². The van der Waals surface area contributed by atoms with Crippen LogP contribution >= 0.6 is 11.3 Å². The molecule has 11 heavy (non-hydrogen) atoms. The van der Waals surface area contributed by atoms with Gasteiger partial charge in [-0.05, 0) is 17.9 Å². The largest absolute Gasteiger partial charge is 0.366 e. The minimum atomic E-state index is -0.310. The van der Waals surface area contributed by atoms with Crippen molar-refractivity contribution in [1.29, 1.82) is 0 Å². The first kappa shape index (κ1) is 8.27. The lowest BCUT2D eigenvalue weighted by atomic mass is 10.2. The third-order valence-corrected chi connectivity index (χ3v) is 2.47. The molecule has 1 rings (SSSR count). The summed E-state index contributed by atoms with van der Waals surface area (Å²) in [5.74, 6) is -0.310. The van der Waals surface area contributed by atoms with Crippen LogP contribution in [0.4, 0.5) is 0 Å². The first-order valence-corrected chi connectivity index (χ1v) is 4.49. The molecule has 0 aliphatic rings. The smallest absolute Gasteiger partial charge is 0.249 e. The fourth-order valence-corrected chi connectivity index (χ4v) is 1.97. The van der Waals surface area contributed by atoms with E-state index in [2.05, 4.69) is 6.92 Å². The maximum absolute atomic E-state index is 10.8. The predicted molar refractivity (Wildman–Crippen MR) is 46.8 cm³/mol. The van der Waals surface area contributed by atoms with Gasteiger partial charge in [-0.15, -0.1) is 11.3 Å². The van der Waals surface area contributed by atoms with Gasteiger partial charge in [-0.3, -0.25) is 4.79 Å². The molecule has 0 aliphatic carbocycles. The number of carbonyl (C=O) groups is 1. The molecule has 0 spiro atoms. The Morgan fingerprint density at radius 2 is 2.45 bits per heavy atom. The highest BCUT2D eigenvalue weighted by atomic mass is 32.1. The molecule has 3 heteroatoms. The van der Waals surface area contributed by atoms with Gasteiger partial charge in [0.15, 0.2) is 0 Å². The van der Waals surface area contributed by atoms with Crippen molar-refractivity contribution in [3.63, 3.8) is 0 Å². The number of rotatable bonds is 3. The van der Waals surface area contributed by atoms with Crippen molar-refractivity contribution in [2.24, 2.45) is 5.73 Å². The maximum atomic E-state index is 10.8. The minimum absolute atomic E-state index is 0.310. The fraction of sp³-hybridized carbons (Fsp3) is 0.375. The van der Waals surface area contributed by atoms with Crippen molar-refractivity contribution in [3.8, 4) is 0 Å². The molecular weight excluding hydrogens is 158 g/mol. The van der Waals surface area contributed by atoms with Crippen molar-refractivity contribution in [2.45, 2.75) is 19.8 Å². The predicted octanol–water partition coefficient (Wildman–Crippen LogP) is 1.80. The zero-order chi connectivity index (χ0) is 8.27. The van der Waals surface area contributed by atoms with Crippen molar-refractivity contribution < 1.29 is 4.79 Å². The molecule has 0 unspecified atom stereocenters. The summed E-state index contributed by atoms with van der Waals surface area (Å²) in [4.78, 5) is 11.9. The average molecular weight is 169 g/mol. The Hall–Kier alpha value is -0.830. The number of aryl methyl sites for hydroxylation is 1. The highest BCUT2D eigenvalue weighted by molar-refractivity contribution is 7.10. The maximum Gasteiger partial charge on any atom is 0.249 e. The Balaban J connectivity index is 2.87. The zero-order valence-corrected chi connectivity index (χ0v) is 7.28. The molecular formula is C8H11NOS. The summed E-state index contributed by atoms with van der Waals surface area (Å²) in [7, 11) is 0. The van der Waals surface area contributed by atoms with Crippen LogP contribution in [0.3, 0.4) is 0 Å². The highest BCUT2D eigenvalue weighted by Crippen LogP contribution is 2.17. The van der Waals surface area contributed by atoms with Crippen LogP contribution in [0.15, 0.2) is 11.4 Å². The third-order valence-electron chi connectivity index (χ3n) is 1.49. The SMILES string of the molecule is CCCc1sccc1C(N)=O. The second-order valence-corrected chi connectivity index (χ2v) is 3.37. The number of amides is 1. The molecule has 0 fully saturated rings. The molecule has 0 aliphatic heterocycles. The van der Waals surface area contributed by atoms with Crippen molar-refractivity contribution >= 4 is 17.2 Å². The molecule has 2 N–H and O–H groups in total. The van der Waals surface area contributed by atoms with E-state index in [9.17, 15) is 4.79 Å². The molecule has 0 radical (unpaired) electrons. The summed E-state index contributed by atoms with van der Waals surface area (Å²) in [5.41, 5.74) is 5.85. The lowest BCUT2D eigenvalue weighted by Crippen LogP contribution is -2.11. The quantitative estimate of drug-likeness (QED) is 0.736. The molecule has 0 bridgehead atoms. The van der Waals surface area contributed by atoms with E-state index in [0.717, 1.165) is 17.7 Å². The van der Waals surface area contributed by atoms with Gasteiger partial charge in [0.25, 0.3) is 0 Å². The van der Waals surface area contributed by atoms with Crippen LogP contribution in [0.2, 0.25) is 0 Å². The van der Waals surface area contributed by atoms with Gasteiger partial charge < -0.3 is 5.73 Å². The molecule has 60 valence electrons. The Morgan fingerprint density at radius 3 is 3.00 bits per heavy atom. The van der Waals surface area contributed by atoms with Gasteiger partial charge in [-0.25, -0.2) is 0 Å². The molecule has 1 amide bonds. The van der Waals surface area contributed by atoms with E-state index in [-0.39, 0.29) is 5.91 Å². The number of carbonyl (C=O) groups excluding carboxylic acids is 1. The van der Waals surface area contributed by atoms with Gasteiger partial charge in [0.05, 0.1) is 5.56 Å².